The molecule has 1 N–H and O–H groups in total. The molecule has 1 atom stereocenters. The third-order valence-corrected chi connectivity index (χ3v) is 3.23. The highest BCUT2D eigenvalue weighted by Gasteiger charge is 2.08. The Bertz CT molecular complexity index is 710. The smallest absolute Gasteiger partial charge is 0.101 e. The lowest BCUT2D eigenvalue weighted by Gasteiger charge is -2.16. The molecule has 0 aliphatic carbocycles. The first-order chi connectivity index (χ1) is 9.63. The molecule has 0 fully saturated rings. The van der Waals surface area contributed by atoms with Crippen molar-refractivity contribution in [2.24, 2.45) is 0 Å². The Hall–Kier alpha value is -2.49. The van der Waals surface area contributed by atoms with Gasteiger partial charge >= 0.3 is 0 Å². The van der Waals surface area contributed by atoms with E-state index in [1.54, 1.807) is 18.2 Å². The molecule has 0 aliphatic rings. The lowest BCUT2D eigenvalue weighted by Crippen LogP contribution is -2.06. The van der Waals surface area contributed by atoms with Crippen molar-refractivity contribution in [3.63, 3.8) is 0 Å². The first-order valence-corrected chi connectivity index (χ1v) is 6.48. The molecule has 0 heterocycles. The number of nitriles is 2. The van der Waals surface area contributed by atoms with Gasteiger partial charge in [-0.1, -0.05) is 23.7 Å². The van der Waals surface area contributed by atoms with Crippen LogP contribution in [0.5, 0.6) is 0 Å². The van der Waals surface area contributed by atoms with E-state index >= 15 is 0 Å². The summed E-state index contributed by atoms with van der Waals surface area (Å²) in [6.07, 6.45) is 0. The average Bonchev–Trinajstić information content (AvgIpc) is 2.47. The Labute approximate surface area is 123 Å². The monoisotopic (exact) mass is 281 g/mol. The normalized spacial score (nSPS) is 11.2. The van der Waals surface area contributed by atoms with Gasteiger partial charge in [0.25, 0.3) is 0 Å². The zero-order valence-corrected chi connectivity index (χ0v) is 11.6. The molecule has 0 aliphatic heterocycles. The molecule has 0 saturated heterocycles. The third-order valence-electron chi connectivity index (χ3n) is 2.99. The van der Waals surface area contributed by atoms with Crippen molar-refractivity contribution < 1.29 is 0 Å². The van der Waals surface area contributed by atoms with Gasteiger partial charge in [0.2, 0.25) is 0 Å². The molecular formula is C16H12ClN3. The number of hydrogen-bond donors (Lipinski definition) is 1. The van der Waals surface area contributed by atoms with Gasteiger partial charge in [0.05, 0.1) is 11.1 Å². The molecule has 0 spiro atoms. The van der Waals surface area contributed by atoms with Crippen LogP contribution in [0.1, 0.15) is 29.7 Å². The molecule has 0 amide bonds. The summed E-state index contributed by atoms with van der Waals surface area (Å²) in [4.78, 5) is 0. The molecule has 20 heavy (non-hydrogen) atoms. The molecule has 98 valence electrons. The number of anilines is 1. The summed E-state index contributed by atoms with van der Waals surface area (Å²) in [5.41, 5.74) is 2.61. The first kappa shape index (κ1) is 13.9. The Morgan fingerprint density at radius 1 is 1.05 bits per heavy atom. The predicted octanol–water partition coefficient (Wildman–Crippen LogP) is 4.26. The number of nitrogens with zero attached hydrogens (tertiary/aromatic N) is 2. The summed E-state index contributed by atoms with van der Waals surface area (Å²) in [6.45, 7) is 2.01. The van der Waals surface area contributed by atoms with Crippen molar-refractivity contribution in [3.05, 3.63) is 64.2 Å². The highest BCUT2D eigenvalue weighted by atomic mass is 35.5. The van der Waals surface area contributed by atoms with Gasteiger partial charge in [-0.05, 0) is 42.8 Å². The fraction of sp³-hybridized carbons (Fsp3) is 0.125. The van der Waals surface area contributed by atoms with E-state index in [1.807, 2.05) is 43.3 Å². The molecule has 2 aromatic rings. The Morgan fingerprint density at radius 2 is 1.80 bits per heavy atom. The zero-order valence-electron chi connectivity index (χ0n) is 10.9. The van der Waals surface area contributed by atoms with Gasteiger partial charge in [-0.25, -0.2) is 0 Å². The fourth-order valence-corrected chi connectivity index (χ4v) is 2.13. The number of nitrogens with one attached hydrogen (secondary N) is 1. The van der Waals surface area contributed by atoms with Gasteiger partial charge in [-0.15, -0.1) is 0 Å². The standard InChI is InChI=1S/C16H12ClN3/c1-11(12-3-2-4-15(17)7-12)20-16-6-5-13(9-18)14(8-16)10-19/h2-8,11,20H,1H3. The molecule has 0 aromatic heterocycles. The van der Waals surface area contributed by atoms with Crippen LogP contribution in [0, 0.1) is 22.7 Å². The SMILES string of the molecule is CC(Nc1ccc(C#N)c(C#N)c1)c1cccc(Cl)c1. The Morgan fingerprint density at radius 3 is 2.45 bits per heavy atom. The first-order valence-electron chi connectivity index (χ1n) is 6.10. The van der Waals surface area contributed by atoms with Crippen LogP contribution in [0.3, 0.4) is 0 Å². The second-order valence-electron chi connectivity index (χ2n) is 4.41. The second kappa shape index (κ2) is 6.10. The van der Waals surface area contributed by atoms with Crippen molar-refractivity contribution in [3.8, 4) is 12.1 Å². The fourth-order valence-electron chi connectivity index (χ4n) is 1.93. The van der Waals surface area contributed by atoms with E-state index in [-0.39, 0.29) is 6.04 Å². The van der Waals surface area contributed by atoms with E-state index in [0.717, 1.165) is 11.3 Å². The summed E-state index contributed by atoms with van der Waals surface area (Å²) >= 11 is 5.97. The van der Waals surface area contributed by atoms with Crippen LogP contribution in [-0.4, -0.2) is 0 Å². The van der Waals surface area contributed by atoms with Crippen molar-refractivity contribution in [2.75, 3.05) is 5.32 Å². The maximum Gasteiger partial charge on any atom is 0.101 e. The maximum absolute atomic E-state index is 9.02. The Balaban J connectivity index is 2.23. The van der Waals surface area contributed by atoms with Gasteiger partial charge in [0.15, 0.2) is 0 Å². The van der Waals surface area contributed by atoms with Gasteiger partial charge in [0.1, 0.15) is 12.1 Å². The molecule has 3 nitrogen and oxygen atoms in total. The summed E-state index contributed by atoms with van der Waals surface area (Å²) in [5, 5.41) is 21.9. The van der Waals surface area contributed by atoms with Gasteiger partial charge in [0, 0.05) is 16.8 Å². The number of rotatable bonds is 3. The topological polar surface area (TPSA) is 59.6 Å². The van der Waals surface area contributed by atoms with Crippen molar-refractivity contribution in [2.45, 2.75) is 13.0 Å². The minimum absolute atomic E-state index is 0.0492. The minimum Gasteiger partial charge on any atom is -0.378 e. The van der Waals surface area contributed by atoms with Crippen LogP contribution in [0.2, 0.25) is 5.02 Å². The van der Waals surface area contributed by atoms with Crippen LogP contribution in [0.4, 0.5) is 5.69 Å². The highest BCUT2D eigenvalue weighted by molar-refractivity contribution is 6.30. The van der Waals surface area contributed by atoms with E-state index in [0.29, 0.717) is 16.1 Å². The lowest BCUT2D eigenvalue weighted by atomic mass is 10.1. The summed E-state index contributed by atoms with van der Waals surface area (Å²) in [6, 6.07) is 16.8. The quantitative estimate of drug-likeness (QED) is 0.914. The summed E-state index contributed by atoms with van der Waals surface area (Å²) in [7, 11) is 0. The lowest BCUT2D eigenvalue weighted by molar-refractivity contribution is 0.885. The van der Waals surface area contributed by atoms with Crippen molar-refractivity contribution in [1.82, 2.24) is 0 Å². The molecule has 4 heteroatoms. The van der Waals surface area contributed by atoms with Crippen molar-refractivity contribution in [1.29, 1.82) is 10.5 Å². The molecule has 0 bridgehead atoms. The molecule has 2 aromatic carbocycles. The molecular weight excluding hydrogens is 270 g/mol. The molecule has 0 saturated carbocycles. The number of halogens is 1. The second-order valence-corrected chi connectivity index (χ2v) is 4.84. The average molecular weight is 282 g/mol. The molecule has 0 radical (unpaired) electrons. The van der Waals surface area contributed by atoms with Crippen LogP contribution < -0.4 is 5.32 Å². The minimum atomic E-state index is 0.0492. The van der Waals surface area contributed by atoms with E-state index in [1.165, 1.54) is 0 Å². The Kier molecular flexibility index (Phi) is 4.25. The van der Waals surface area contributed by atoms with Gasteiger partial charge < -0.3 is 5.32 Å². The van der Waals surface area contributed by atoms with Crippen LogP contribution in [0.25, 0.3) is 0 Å². The highest BCUT2D eigenvalue weighted by Crippen LogP contribution is 2.23. The van der Waals surface area contributed by atoms with E-state index in [9.17, 15) is 0 Å². The van der Waals surface area contributed by atoms with E-state index in [4.69, 9.17) is 22.1 Å². The largest absolute Gasteiger partial charge is 0.378 e. The van der Waals surface area contributed by atoms with Crippen LogP contribution >= 0.6 is 11.6 Å². The summed E-state index contributed by atoms with van der Waals surface area (Å²) < 4.78 is 0. The van der Waals surface area contributed by atoms with E-state index < -0.39 is 0 Å². The predicted molar refractivity (Wildman–Crippen MR) is 79.4 cm³/mol. The van der Waals surface area contributed by atoms with Crippen molar-refractivity contribution >= 4 is 17.3 Å². The molecule has 2 rings (SSSR count). The molecule has 1 unspecified atom stereocenters. The zero-order chi connectivity index (χ0) is 14.5. The van der Waals surface area contributed by atoms with Crippen LogP contribution in [0.15, 0.2) is 42.5 Å². The number of hydrogen-bond acceptors (Lipinski definition) is 3. The van der Waals surface area contributed by atoms with Gasteiger partial charge in [-0.3, -0.25) is 0 Å². The number of benzene rings is 2. The summed E-state index contributed by atoms with van der Waals surface area (Å²) in [5.74, 6) is 0. The van der Waals surface area contributed by atoms with Crippen LogP contribution in [-0.2, 0) is 0 Å². The van der Waals surface area contributed by atoms with E-state index in [2.05, 4.69) is 5.32 Å². The van der Waals surface area contributed by atoms with Gasteiger partial charge in [-0.2, -0.15) is 10.5 Å². The maximum atomic E-state index is 9.02. The third kappa shape index (κ3) is 3.09.